The molecule has 0 fully saturated rings. The molecule has 96 valence electrons. The van der Waals surface area contributed by atoms with Crippen molar-refractivity contribution in [1.29, 1.82) is 5.26 Å². The molecule has 1 amide bonds. The number of fused-ring (bicyclic) bond motifs is 1. The number of carbonyl (C=O) groups excluding carboxylic acids is 1. The van der Waals surface area contributed by atoms with E-state index in [2.05, 4.69) is 20.3 Å². The summed E-state index contributed by atoms with van der Waals surface area (Å²) < 4.78 is 0. The van der Waals surface area contributed by atoms with Gasteiger partial charge in [0, 0.05) is 18.1 Å². The fourth-order valence-electron chi connectivity index (χ4n) is 1.84. The SMILES string of the molecule is N#Cc1cncc(C(=O)Nc2ccc3nc[nH]c3c2)c1. The van der Waals surface area contributed by atoms with Crippen LogP contribution in [0.4, 0.5) is 5.69 Å². The van der Waals surface area contributed by atoms with Crippen LogP contribution in [0.3, 0.4) is 0 Å². The molecule has 2 heterocycles. The van der Waals surface area contributed by atoms with Crippen LogP contribution >= 0.6 is 0 Å². The Labute approximate surface area is 114 Å². The van der Waals surface area contributed by atoms with Crippen LogP contribution in [0.5, 0.6) is 0 Å². The second kappa shape index (κ2) is 4.82. The van der Waals surface area contributed by atoms with Gasteiger partial charge in [-0.3, -0.25) is 9.78 Å². The number of carbonyl (C=O) groups is 1. The monoisotopic (exact) mass is 263 g/mol. The smallest absolute Gasteiger partial charge is 0.257 e. The van der Waals surface area contributed by atoms with Crippen LogP contribution in [0.2, 0.25) is 0 Å². The van der Waals surface area contributed by atoms with Gasteiger partial charge in [-0.05, 0) is 24.3 Å². The van der Waals surface area contributed by atoms with Gasteiger partial charge >= 0.3 is 0 Å². The summed E-state index contributed by atoms with van der Waals surface area (Å²) in [7, 11) is 0. The van der Waals surface area contributed by atoms with Crippen molar-refractivity contribution in [3.05, 3.63) is 54.1 Å². The standard InChI is InChI=1S/C14H9N5O/c15-5-9-3-10(7-16-6-9)14(20)19-11-1-2-12-13(4-11)18-8-17-12/h1-4,6-8H,(H,17,18)(H,19,20). The van der Waals surface area contributed by atoms with Gasteiger partial charge in [-0.2, -0.15) is 5.26 Å². The minimum atomic E-state index is -0.312. The van der Waals surface area contributed by atoms with Gasteiger partial charge in [0.25, 0.3) is 5.91 Å². The molecule has 0 saturated carbocycles. The predicted octanol–water partition coefficient (Wildman–Crippen LogP) is 2.08. The largest absolute Gasteiger partial charge is 0.345 e. The maximum Gasteiger partial charge on any atom is 0.257 e. The Kier molecular flexibility index (Phi) is 2.86. The van der Waals surface area contributed by atoms with Crippen LogP contribution in [-0.2, 0) is 0 Å². The molecule has 0 radical (unpaired) electrons. The second-order valence-electron chi connectivity index (χ2n) is 4.16. The molecule has 0 aliphatic carbocycles. The number of amides is 1. The molecule has 0 aliphatic heterocycles. The van der Waals surface area contributed by atoms with E-state index in [0.29, 0.717) is 16.8 Å². The lowest BCUT2D eigenvalue weighted by molar-refractivity contribution is 0.102. The fourth-order valence-corrected chi connectivity index (χ4v) is 1.84. The van der Waals surface area contributed by atoms with Crippen LogP contribution < -0.4 is 5.32 Å². The quantitative estimate of drug-likeness (QED) is 0.740. The summed E-state index contributed by atoms with van der Waals surface area (Å²) in [5.74, 6) is -0.312. The Morgan fingerprint density at radius 2 is 2.20 bits per heavy atom. The van der Waals surface area contributed by atoms with E-state index in [1.807, 2.05) is 12.1 Å². The minimum absolute atomic E-state index is 0.312. The van der Waals surface area contributed by atoms with Crippen LogP contribution in [0.1, 0.15) is 15.9 Å². The Balaban J connectivity index is 1.86. The topological polar surface area (TPSA) is 94.5 Å². The number of hydrogen-bond donors (Lipinski definition) is 2. The summed E-state index contributed by atoms with van der Waals surface area (Å²) in [6, 6.07) is 8.82. The molecule has 0 unspecified atom stereocenters. The van der Waals surface area contributed by atoms with Gasteiger partial charge in [-0.25, -0.2) is 4.98 Å². The van der Waals surface area contributed by atoms with E-state index in [4.69, 9.17) is 5.26 Å². The summed E-state index contributed by atoms with van der Waals surface area (Å²) in [5, 5.41) is 11.6. The lowest BCUT2D eigenvalue weighted by Crippen LogP contribution is -2.12. The molecule has 6 heteroatoms. The number of aromatic nitrogens is 3. The highest BCUT2D eigenvalue weighted by molar-refractivity contribution is 6.04. The Hall–Kier alpha value is -3.20. The fraction of sp³-hybridized carbons (Fsp3) is 0. The van der Waals surface area contributed by atoms with Crippen molar-refractivity contribution in [2.24, 2.45) is 0 Å². The number of nitrogens with zero attached hydrogens (tertiary/aromatic N) is 3. The molecule has 1 aromatic carbocycles. The van der Waals surface area contributed by atoms with Crippen LogP contribution in [0.15, 0.2) is 43.0 Å². The number of nitrogens with one attached hydrogen (secondary N) is 2. The zero-order chi connectivity index (χ0) is 13.9. The van der Waals surface area contributed by atoms with Crippen molar-refractivity contribution in [3.63, 3.8) is 0 Å². The predicted molar refractivity (Wildman–Crippen MR) is 73.0 cm³/mol. The first kappa shape index (κ1) is 11.9. The summed E-state index contributed by atoms with van der Waals surface area (Å²) in [6.45, 7) is 0. The number of pyridine rings is 1. The molecule has 3 aromatic rings. The number of imidazole rings is 1. The number of hydrogen-bond acceptors (Lipinski definition) is 4. The third-order valence-corrected chi connectivity index (χ3v) is 2.81. The summed E-state index contributed by atoms with van der Waals surface area (Å²) >= 11 is 0. The molecular weight excluding hydrogens is 254 g/mol. The van der Waals surface area contributed by atoms with Gasteiger partial charge in [0.1, 0.15) is 6.07 Å². The van der Waals surface area contributed by atoms with Crippen molar-refractivity contribution in [2.45, 2.75) is 0 Å². The lowest BCUT2D eigenvalue weighted by Gasteiger charge is -2.05. The van der Waals surface area contributed by atoms with Gasteiger partial charge in [-0.15, -0.1) is 0 Å². The number of aromatic amines is 1. The average molecular weight is 263 g/mol. The van der Waals surface area contributed by atoms with Crippen molar-refractivity contribution >= 4 is 22.6 Å². The highest BCUT2D eigenvalue weighted by Crippen LogP contribution is 2.16. The molecule has 20 heavy (non-hydrogen) atoms. The molecule has 0 spiro atoms. The lowest BCUT2D eigenvalue weighted by atomic mass is 10.2. The van der Waals surface area contributed by atoms with Gasteiger partial charge in [0.05, 0.1) is 28.5 Å². The highest BCUT2D eigenvalue weighted by Gasteiger charge is 2.08. The van der Waals surface area contributed by atoms with E-state index in [0.717, 1.165) is 11.0 Å². The normalized spacial score (nSPS) is 10.2. The van der Waals surface area contributed by atoms with Crippen LogP contribution in [0.25, 0.3) is 11.0 Å². The van der Waals surface area contributed by atoms with E-state index in [1.165, 1.54) is 18.5 Å². The van der Waals surface area contributed by atoms with E-state index >= 15 is 0 Å². The molecule has 0 bridgehead atoms. The first-order chi connectivity index (χ1) is 9.76. The molecule has 3 rings (SSSR count). The van der Waals surface area contributed by atoms with E-state index in [1.54, 1.807) is 18.5 Å². The summed E-state index contributed by atoms with van der Waals surface area (Å²) in [4.78, 5) is 23.0. The van der Waals surface area contributed by atoms with Gasteiger partial charge in [0.2, 0.25) is 0 Å². The van der Waals surface area contributed by atoms with E-state index in [-0.39, 0.29) is 5.91 Å². The van der Waals surface area contributed by atoms with Crippen molar-refractivity contribution in [2.75, 3.05) is 5.32 Å². The molecule has 0 aliphatic rings. The van der Waals surface area contributed by atoms with Crippen LogP contribution in [-0.4, -0.2) is 20.9 Å². The third kappa shape index (κ3) is 2.20. The van der Waals surface area contributed by atoms with Gasteiger partial charge in [0.15, 0.2) is 0 Å². The maximum absolute atomic E-state index is 12.1. The molecule has 6 nitrogen and oxygen atoms in total. The molecule has 2 aromatic heterocycles. The summed E-state index contributed by atoms with van der Waals surface area (Å²) in [5.41, 5.74) is 3.01. The van der Waals surface area contributed by atoms with E-state index < -0.39 is 0 Å². The molecule has 2 N–H and O–H groups in total. The Bertz CT molecular complexity index is 831. The highest BCUT2D eigenvalue weighted by atomic mass is 16.1. The molecule has 0 saturated heterocycles. The molecule has 0 atom stereocenters. The average Bonchev–Trinajstić information content (AvgIpc) is 2.95. The zero-order valence-corrected chi connectivity index (χ0v) is 10.3. The van der Waals surface area contributed by atoms with Crippen molar-refractivity contribution < 1.29 is 4.79 Å². The Morgan fingerprint density at radius 3 is 3.05 bits per heavy atom. The number of nitriles is 1. The summed E-state index contributed by atoms with van der Waals surface area (Å²) in [6.07, 6.45) is 4.43. The van der Waals surface area contributed by atoms with Crippen molar-refractivity contribution in [1.82, 2.24) is 15.0 Å². The van der Waals surface area contributed by atoms with Crippen molar-refractivity contribution in [3.8, 4) is 6.07 Å². The third-order valence-electron chi connectivity index (χ3n) is 2.81. The number of benzene rings is 1. The Morgan fingerprint density at radius 1 is 1.30 bits per heavy atom. The minimum Gasteiger partial charge on any atom is -0.345 e. The zero-order valence-electron chi connectivity index (χ0n) is 10.3. The number of anilines is 1. The number of H-pyrrole nitrogens is 1. The van der Waals surface area contributed by atoms with Gasteiger partial charge < -0.3 is 10.3 Å². The maximum atomic E-state index is 12.1. The molecular formula is C14H9N5O. The van der Waals surface area contributed by atoms with Crippen LogP contribution in [0, 0.1) is 11.3 Å². The first-order valence-corrected chi connectivity index (χ1v) is 5.86. The van der Waals surface area contributed by atoms with E-state index in [9.17, 15) is 4.79 Å². The number of rotatable bonds is 2. The second-order valence-corrected chi connectivity index (χ2v) is 4.16. The first-order valence-electron chi connectivity index (χ1n) is 5.86. The van der Waals surface area contributed by atoms with Gasteiger partial charge in [-0.1, -0.05) is 0 Å².